The molecule has 0 saturated carbocycles. The molecule has 0 fully saturated rings. The molecule has 0 unspecified atom stereocenters. The molecule has 0 saturated heterocycles. The summed E-state index contributed by atoms with van der Waals surface area (Å²) in [5, 5.41) is 1.51. The summed E-state index contributed by atoms with van der Waals surface area (Å²) in [4.78, 5) is 18.7. The predicted molar refractivity (Wildman–Crippen MR) is 143 cm³/mol. The van der Waals surface area contributed by atoms with Crippen LogP contribution in [0.25, 0.3) is 0 Å². The maximum absolute atomic E-state index is 6.29. The second-order valence-electron chi connectivity index (χ2n) is 8.09. The topological polar surface area (TPSA) is 32.3 Å². The fraction of sp³-hybridized carbons (Fsp3) is 0.154. The van der Waals surface area contributed by atoms with E-state index in [1.165, 1.54) is 21.2 Å². The van der Waals surface area contributed by atoms with Gasteiger partial charge in [0.15, 0.2) is 0 Å². The third kappa shape index (κ3) is 4.13. The smallest absolute Gasteiger partial charge is 0.147 e. The zero-order valence-electron chi connectivity index (χ0n) is 18.1. The molecule has 0 radical (unpaired) electrons. The first kappa shape index (κ1) is 22.1. The minimum atomic E-state index is 0.756. The number of nitrogens with zero attached hydrogens (tertiary/aromatic N) is 4. The van der Waals surface area contributed by atoms with E-state index in [-0.39, 0.29) is 0 Å². The minimum absolute atomic E-state index is 0.756. The monoisotopic (exact) mass is 522 g/mol. The van der Waals surface area contributed by atoms with Gasteiger partial charge in [-0.15, -0.1) is 0 Å². The Morgan fingerprint density at radius 1 is 0.618 bits per heavy atom. The first-order chi connectivity index (χ1) is 16.7. The Kier molecular flexibility index (Phi) is 6.08. The van der Waals surface area contributed by atoms with E-state index in [2.05, 4.69) is 34.1 Å². The average Bonchev–Trinajstić information content (AvgIpc) is 2.85. The van der Waals surface area contributed by atoms with Crippen molar-refractivity contribution in [3.63, 3.8) is 0 Å². The molecule has 170 valence electrons. The highest BCUT2D eigenvalue weighted by Crippen LogP contribution is 2.49. The van der Waals surface area contributed by atoms with Gasteiger partial charge in [0.25, 0.3) is 0 Å². The molecule has 4 nitrogen and oxygen atoms in total. The van der Waals surface area contributed by atoms with Crippen molar-refractivity contribution in [2.75, 3.05) is 22.9 Å². The lowest BCUT2D eigenvalue weighted by Crippen LogP contribution is -2.26. The number of hydrogen-bond acceptors (Lipinski definition) is 6. The van der Waals surface area contributed by atoms with Crippen LogP contribution in [0.4, 0.5) is 23.0 Å². The van der Waals surface area contributed by atoms with Crippen LogP contribution in [0.1, 0.15) is 12.8 Å². The van der Waals surface area contributed by atoms with E-state index in [1.54, 1.807) is 23.5 Å². The van der Waals surface area contributed by atoms with Crippen LogP contribution in [-0.2, 0) is 0 Å². The molecule has 2 aliphatic heterocycles. The van der Waals surface area contributed by atoms with Crippen molar-refractivity contribution < 1.29 is 0 Å². The van der Waals surface area contributed by atoms with Crippen LogP contribution in [0, 0.1) is 0 Å². The van der Waals surface area contributed by atoms with Crippen molar-refractivity contribution in [3.05, 3.63) is 83.1 Å². The molecule has 2 aromatic carbocycles. The summed E-state index contributed by atoms with van der Waals surface area (Å²) >= 11 is 16.0. The van der Waals surface area contributed by atoms with Crippen LogP contribution in [0.15, 0.2) is 92.6 Å². The van der Waals surface area contributed by atoms with Crippen LogP contribution in [0.5, 0.6) is 0 Å². The standard InChI is InChI=1S/C26H20Cl2N4S2/c27-17-7-9-19-23(15-17)33-21-5-3-11-29-25(21)31(19)13-1-2-14-32-20-10-8-18(28)16-24(20)34-22-6-4-12-30-26(22)32/h3-12,15-16H,1-2,13-14H2. The van der Waals surface area contributed by atoms with Crippen LogP contribution >= 0.6 is 46.7 Å². The number of pyridine rings is 2. The van der Waals surface area contributed by atoms with E-state index in [4.69, 9.17) is 33.2 Å². The van der Waals surface area contributed by atoms with E-state index < -0.39 is 0 Å². The van der Waals surface area contributed by atoms with Crippen LogP contribution < -0.4 is 9.80 Å². The third-order valence-electron chi connectivity index (χ3n) is 5.89. The highest BCUT2D eigenvalue weighted by atomic mass is 35.5. The fourth-order valence-corrected chi connectivity index (χ4v) is 7.06. The SMILES string of the molecule is Clc1ccc2c(c1)Sc1cccnc1N2CCCCN1c2ccc(Cl)cc2Sc2cccnc21. The lowest BCUT2D eigenvalue weighted by Gasteiger charge is -2.33. The molecule has 34 heavy (non-hydrogen) atoms. The molecule has 0 aliphatic carbocycles. The van der Waals surface area contributed by atoms with Gasteiger partial charge in [0.2, 0.25) is 0 Å². The van der Waals surface area contributed by atoms with Gasteiger partial charge in [0, 0.05) is 45.3 Å². The zero-order chi connectivity index (χ0) is 23.1. The first-order valence-corrected chi connectivity index (χ1v) is 13.5. The second kappa shape index (κ2) is 9.34. The van der Waals surface area contributed by atoms with E-state index in [0.717, 1.165) is 57.4 Å². The quantitative estimate of drug-likeness (QED) is 0.244. The molecule has 2 aliphatic rings. The molecule has 4 heterocycles. The summed E-state index contributed by atoms with van der Waals surface area (Å²) in [6.45, 7) is 1.76. The molecule has 8 heteroatoms. The molecule has 2 aromatic heterocycles. The van der Waals surface area contributed by atoms with Crippen LogP contribution in [-0.4, -0.2) is 23.1 Å². The van der Waals surface area contributed by atoms with Crippen molar-refractivity contribution >= 4 is 69.7 Å². The molecule has 0 amide bonds. The van der Waals surface area contributed by atoms with E-state index in [9.17, 15) is 0 Å². The summed E-state index contributed by atoms with van der Waals surface area (Å²) in [7, 11) is 0. The predicted octanol–water partition coefficient (Wildman–Crippen LogP) is 8.47. The van der Waals surface area contributed by atoms with Gasteiger partial charge < -0.3 is 9.80 Å². The molecule has 0 spiro atoms. The van der Waals surface area contributed by atoms with Crippen molar-refractivity contribution in [3.8, 4) is 0 Å². The van der Waals surface area contributed by atoms with Gasteiger partial charge in [-0.1, -0.05) is 46.7 Å². The number of halogens is 2. The number of anilines is 4. The van der Waals surface area contributed by atoms with E-state index >= 15 is 0 Å². The molecule has 0 N–H and O–H groups in total. The largest absolute Gasteiger partial charge is 0.324 e. The highest BCUT2D eigenvalue weighted by Gasteiger charge is 2.26. The Labute approximate surface area is 217 Å². The van der Waals surface area contributed by atoms with Gasteiger partial charge in [-0.25, -0.2) is 9.97 Å². The number of aromatic nitrogens is 2. The minimum Gasteiger partial charge on any atom is -0.324 e. The number of benzene rings is 2. The van der Waals surface area contributed by atoms with Gasteiger partial charge in [0.1, 0.15) is 11.6 Å². The molecular weight excluding hydrogens is 503 g/mol. The molecule has 6 rings (SSSR count). The Balaban J connectivity index is 1.22. The van der Waals surface area contributed by atoms with Crippen molar-refractivity contribution in [1.29, 1.82) is 0 Å². The van der Waals surface area contributed by atoms with E-state index in [0.29, 0.717) is 0 Å². The highest BCUT2D eigenvalue weighted by molar-refractivity contribution is 8.00. The maximum atomic E-state index is 6.29. The first-order valence-electron chi connectivity index (χ1n) is 11.1. The van der Waals surface area contributed by atoms with E-state index in [1.807, 2.05) is 48.8 Å². The summed E-state index contributed by atoms with van der Waals surface area (Å²) in [5.41, 5.74) is 2.34. The van der Waals surface area contributed by atoms with Crippen molar-refractivity contribution in [1.82, 2.24) is 9.97 Å². The zero-order valence-corrected chi connectivity index (χ0v) is 21.3. The Morgan fingerprint density at radius 3 is 1.56 bits per heavy atom. The molecular formula is C26H20Cl2N4S2. The number of fused-ring (bicyclic) bond motifs is 4. The molecule has 0 bridgehead atoms. The average molecular weight is 524 g/mol. The van der Waals surface area contributed by atoms with Gasteiger partial charge in [-0.3, -0.25) is 0 Å². The van der Waals surface area contributed by atoms with Gasteiger partial charge in [0.05, 0.1) is 21.2 Å². The summed E-state index contributed by atoms with van der Waals surface area (Å²) in [5.74, 6) is 2.03. The summed E-state index contributed by atoms with van der Waals surface area (Å²) < 4.78 is 0. The maximum Gasteiger partial charge on any atom is 0.147 e. The lowest BCUT2D eigenvalue weighted by molar-refractivity contribution is 0.713. The summed E-state index contributed by atoms with van der Waals surface area (Å²) in [6.07, 6.45) is 5.75. The Hall–Kier alpha value is -2.38. The lowest BCUT2D eigenvalue weighted by atomic mass is 10.2. The van der Waals surface area contributed by atoms with Gasteiger partial charge in [-0.05, 0) is 73.5 Å². The number of hydrogen-bond donors (Lipinski definition) is 0. The molecule has 0 atom stereocenters. The third-order valence-corrected chi connectivity index (χ3v) is 8.53. The normalized spacial score (nSPS) is 13.7. The number of unbranched alkanes of at least 4 members (excludes halogenated alkanes) is 1. The van der Waals surface area contributed by atoms with Gasteiger partial charge in [-0.2, -0.15) is 0 Å². The Bertz CT molecular complexity index is 1280. The van der Waals surface area contributed by atoms with Crippen LogP contribution in [0.2, 0.25) is 10.0 Å². The fourth-order valence-electron chi connectivity index (χ4n) is 4.37. The number of rotatable bonds is 5. The molecule has 4 aromatic rings. The van der Waals surface area contributed by atoms with Crippen LogP contribution in [0.3, 0.4) is 0 Å². The van der Waals surface area contributed by atoms with Gasteiger partial charge >= 0.3 is 0 Å². The summed E-state index contributed by atoms with van der Waals surface area (Å²) in [6, 6.07) is 20.4. The Morgan fingerprint density at radius 2 is 1.09 bits per heavy atom. The van der Waals surface area contributed by atoms with Crippen molar-refractivity contribution in [2.45, 2.75) is 32.4 Å². The van der Waals surface area contributed by atoms with Crippen molar-refractivity contribution in [2.24, 2.45) is 0 Å². The second-order valence-corrected chi connectivity index (χ2v) is 11.1.